The van der Waals surface area contributed by atoms with Gasteiger partial charge in [-0.25, -0.2) is 18.4 Å². The summed E-state index contributed by atoms with van der Waals surface area (Å²) in [4.78, 5) is 10.8. The number of fused-ring (bicyclic) bond motifs is 1. The summed E-state index contributed by atoms with van der Waals surface area (Å²) in [7, 11) is -3.32. The van der Waals surface area contributed by atoms with Gasteiger partial charge in [0, 0.05) is 36.7 Å². The zero-order valence-electron chi connectivity index (χ0n) is 19.3. The first-order chi connectivity index (χ1) is 16.6. The van der Waals surface area contributed by atoms with Crippen LogP contribution in [0.25, 0.3) is 10.9 Å². The van der Waals surface area contributed by atoms with Crippen molar-refractivity contribution >= 4 is 32.4 Å². The van der Waals surface area contributed by atoms with Crippen molar-refractivity contribution in [2.24, 2.45) is 0 Å². The highest BCUT2D eigenvalue weighted by molar-refractivity contribution is 7.92. The van der Waals surface area contributed by atoms with E-state index in [1.165, 1.54) is 18.5 Å². The maximum Gasteiger partial charge on any atom is 0.393 e. The smallest absolute Gasteiger partial charge is 0.367 e. The van der Waals surface area contributed by atoms with Gasteiger partial charge in [0.25, 0.3) is 0 Å². The summed E-state index contributed by atoms with van der Waals surface area (Å²) >= 11 is 0. The van der Waals surface area contributed by atoms with Gasteiger partial charge >= 0.3 is 6.18 Å². The van der Waals surface area contributed by atoms with Gasteiger partial charge in [-0.05, 0) is 55.2 Å². The van der Waals surface area contributed by atoms with Crippen molar-refractivity contribution in [3.05, 3.63) is 59.9 Å². The van der Waals surface area contributed by atoms with E-state index in [0.717, 1.165) is 31.5 Å². The van der Waals surface area contributed by atoms with E-state index in [9.17, 15) is 21.6 Å². The number of aromatic nitrogens is 2. The van der Waals surface area contributed by atoms with E-state index in [-0.39, 0.29) is 17.4 Å². The summed E-state index contributed by atoms with van der Waals surface area (Å²) in [5.74, 6) is 0.650. The Kier molecular flexibility index (Phi) is 7.46. The highest BCUT2D eigenvalue weighted by Crippen LogP contribution is 2.27. The van der Waals surface area contributed by atoms with E-state index >= 15 is 0 Å². The predicted molar refractivity (Wildman–Crippen MR) is 131 cm³/mol. The first-order valence-electron chi connectivity index (χ1n) is 11.5. The second-order valence-corrected chi connectivity index (χ2v) is 10.8. The van der Waals surface area contributed by atoms with Crippen LogP contribution < -0.4 is 10.0 Å². The second kappa shape index (κ2) is 10.4. The summed E-state index contributed by atoms with van der Waals surface area (Å²) in [6, 6.07) is 12.2. The molecule has 35 heavy (non-hydrogen) atoms. The number of anilines is 2. The number of alkyl halides is 3. The zero-order valence-corrected chi connectivity index (χ0v) is 20.2. The van der Waals surface area contributed by atoms with Gasteiger partial charge in [-0.1, -0.05) is 18.2 Å². The van der Waals surface area contributed by atoms with Gasteiger partial charge < -0.3 is 5.32 Å². The Morgan fingerprint density at radius 1 is 1.06 bits per heavy atom. The first kappa shape index (κ1) is 25.2. The Bertz CT molecular complexity index is 1280. The van der Waals surface area contributed by atoms with Crippen molar-refractivity contribution in [1.82, 2.24) is 14.9 Å². The Hall–Kier alpha value is -2.92. The topological polar surface area (TPSA) is 87.2 Å². The standard InChI is InChI=1S/C24H28F3N5O2S/c1-2-35(33,34)31-20-5-3-4-18(12-20)15-32-10-8-19(9-11-32)30-23-21-7-6-17(14-24(25,26)27)13-22(21)28-16-29-23/h3-7,12-13,16,19,31H,2,8-11,14-15H2,1H3,(H,28,29,30). The summed E-state index contributed by atoms with van der Waals surface area (Å²) in [6.45, 7) is 4.01. The Morgan fingerprint density at radius 2 is 1.83 bits per heavy atom. The van der Waals surface area contributed by atoms with Gasteiger partial charge in [0.1, 0.15) is 12.1 Å². The van der Waals surface area contributed by atoms with Crippen LogP contribution in [0.1, 0.15) is 30.9 Å². The van der Waals surface area contributed by atoms with Crippen molar-refractivity contribution in [1.29, 1.82) is 0 Å². The quantitative estimate of drug-likeness (QED) is 0.465. The fourth-order valence-corrected chi connectivity index (χ4v) is 4.86. The summed E-state index contributed by atoms with van der Waals surface area (Å²) in [5, 5.41) is 4.14. The molecule has 1 fully saturated rings. The third-order valence-electron chi connectivity index (χ3n) is 6.02. The average Bonchev–Trinajstić information content (AvgIpc) is 2.79. The second-order valence-electron chi connectivity index (χ2n) is 8.77. The molecule has 2 N–H and O–H groups in total. The number of hydrogen-bond donors (Lipinski definition) is 2. The van der Waals surface area contributed by atoms with Crippen molar-refractivity contribution in [2.45, 2.75) is 44.9 Å². The van der Waals surface area contributed by atoms with Gasteiger partial charge in [-0.15, -0.1) is 0 Å². The number of piperidine rings is 1. The number of halogens is 3. The fraction of sp³-hybridized carbons (Fsp3) is 0.417. The molecular weight excluding hydrogens is 479 g/mol. The van der Waals surface area contributed by atoms with E-state index in [1.807, 2.05) is 18.2 Å². The molecule has 7 nitrogen and oxygen atoms in total. The molecule has 188 valence electrons. The molecule has 4 rings (SSSR count). The van der Waals surface area contributed by atoms with E-state index in [2.05, 4.69) is 24.9 Å². The maximum atomic E-state index is 12.7. The lowest BCUT2D eigenvalue weighted by Crippen LogP contribution is -2.38. The fourth-order valence-electron chi connectivity index (χ4n) is 4.23. The molecular formula is C24H28F3N5O2S. The van der Waals surface area contributed by atoms with Crippen molar-refractivity contribution in [3.63, 3.8) is 0 Å². The third kappa shape index (κ3) is 7.04. The maximum absolute atomic E-state index is 12.7. The molecule has 3 aromatic rings. The molecule has 1 saturated heterocycles. The van der Waals surface area contributed by atoms with E-state index in [0.29, 0.717) is 29.0 Å². The Balaban J connectivity index is 1.35. The summed E-state index contributed by atoms with van der Waals surface area (Å²) in [5.41, 5.74) is 2.26. The molecule has 0 saturated carbocycles. The van der Waals surface area contributed by atoms with Crippen LogP contribution in [0.15, 0.2) is 48.8 Å². The van der Waals surface area contributed by atoms with Crippen molar-refractivity contribution < 1.29 is 21.6 Å². The molecule has 1 aliphatic heterocycles. The molecule has 0 spiro atoms. The lowest BCUT2D eigenvalue weighted by Gasteiger charge is -2.32. The molecule has 0 atom stereocenters. The minimum absolute atomic E-state index is 0.0219. The molecule has 1 aromatic heterocycles. The van der Waals surface area contributed by atoms with E-state index < -0.39 is 22.6 Å². The number of likely N-dealkylation sites (tertiary alicyclic amines) is 1. The van der Waals surface area contributed by atoms with Crippen molar-refractivity contribution in [2.75, 3.05) is 28.9 Å². The average molecular weight is 508 g/mol. The van der Waals surface area contributed by atoms with Crippen LogP contribution in [-0.4, -0.2) is 54.3 Å². The van der Waals surface area contributed by atoms with Gasteiger partial charge in [-0.3, -0.25) is 9.62 Å². The Labute approximate surface area is 202 Å². The van der Waals surface area contributed by atoms with Crippen LogP contribution >= 0.6 is 0 Å². The largest absolute Gasteiger partial charge is 0.393 e. The molecule has 11 heteroatoms. The SMILES string of the molecule is CCS(=O)(=O)Nc1cccc(CN2CCC(Nc3ncnc4cc(CC(F)(F)F)ccc34)CC2)c1. The highest BCUT2D eigenvalue weighted by Gasteiger charge is 2.28. The van der Waals surface area contributed by atoms with E-state index in [4.69, 9.17) is 0 Å². The number of hydrogen-bond acceptors (Lipinski definition) is 6. The molecule has 0 amide bonds. The van der Waals surface area contributed by atoms with Gasteiger partial charge in [0.2, 0.25) is 10.0 Å². The van der Waals surface area contributed by atoms with Crippen LogP contribution in [-0.2, 0) is 23.0 Å². The highest BCUT2D eigenvalue weighted by atomic mass is 32.2. The monoisotopic (exact) mass is 507 g/mol. The number of benzene rings is 2. The van der Waals surface area contributed by atoms with Gasteiger partial charge in [-0.2, -0.15) is 13.2 Å². The van der Waals surface area contributed by atoms with Crippen LogP contribution in [0.3, 0.4) is 0 Å². The van der Waals surface area contributed by atoms with Crippen molar-refractivity contribution in [3.8, 4) is 0 Å². The molecule has 0 unspecified atom stereocenters. The third-order valence-corrected chi connectivity index (χ3v) is 7.33. The minimum Gasteiger partial charge on any atom is -0.367 e. The normalized spacial score (nSPS) is 15.9. The number of nitrogens with one attached hydrogen (secondary N) is 2. The zero-order chi connectivity index (χ0) is 25.1. The molecule has 1 aliphatic rings. The molecule has 2 heterocycles. The van der Waals surface area contributed by atoms with Crippen LogP contribution in [0.2, 0.25) is 0 Å². The molecule has 0 aliphatic carbocycles. The van der Waals surface area contributed by atoms with Gasteiger partial charge in [0.05, 0.1) is 17.7 Å². The first-order valence-corrected chi connectivity index (χ1v) is 13.1. The Morgan fingerprint density at radius 3 is 2.54 bits per heavy atom. The van der Waals surface area contributed by atoms with Crippen LogP contribution in [0.5, 0.6) is 0 Å². The number of nitrogens with zero attached hydrogens (tertiary/aromatic N) is 3. The van der Waals surface area contributed by atoms with Crippen LogP contribution in [0, 0.1) is 0 Å². The minimum atomic E-state index is -4.26. The lowest BCUT2D eigenvalue weighted by atomic mass is 10.0. The van der Waals surface area contributed by atoms with Gasteiger partial charge in [0.15, 0.2) is 0 Å². The van der Waals surface area contributed by atoms with Crippen LogP contribution in [0.4, 0.5) is 24.7 Å². The predicted octanol–water partition coefficient (Wildman–Crippen LogP) is 4.57. The van der Waals surface area contributed by atoms with E-state index in [1.54, 1.807) is 19.1 Å². The summed E-state index contributed by atoms with van der Waals surface area (Å²) < 4.78 is 64.4. The number of rotatable bonds is 8. The lowest BCUT2D eigenvalue weighted by molar-refractivity contribution is -0.127. The summed E-state index contributed by atoms with van der Waals surface area (Å²) in [6.07, 6.45) is -2.13. The molecule has 0 radical (unpaired) electrons. The molecule has 0 bridgehead atoms. The molecule has 2 aromatic carbocycles. The number of sulfonamides is 1.